The van der Waals surface area contributed by atoms with Crippen LogP contribution < -0.4 is 14.8 Å². The summed E-state index contributed by atoms with van der Waals surface area (Å²) in [7, 11) is 1.76. The Bertz CT molecular complexity index is 588. The number of amides is 2. The second kappa shape index (κ2) is 11.4. The van der Waals surface area contributed by atoms with Gasteiger partial charge in [-0.3, -0.25) is 14.5 Å². The quantitative estimate of drug-likeness (QED) is 0.592. The molecule has 27 heavy (non-hydrogen) atoms. The van der Waals surface area contributed by atoms with Crippen LogP contribution in [0.25, 0.3) is 0 Å². The van der Waals surface area contributed by atoms with Crippen molar-refractivity contribution in [2.45, 2.75) is 6.92 Å². The van der Waals surface area contributed by atoms with Crippen LogP contribution in [0.15, 0.2) is 24.3 Å². The van der Waals surface area contributed by atoms with Crippen LogP contribution in [0.5, 0.6) is 11.5 Å². The highest BCUT2D eigenvalue weighted by Crippen LogP contribution is 2.17. The molecule has 2 amide bonds. The Morgan fingerprint density at radius 1 is 1.11 bits per heavy atom. The average Bonchev–Trinajstić information content (AvgIpc) is 2.67. The molecule has 0 spiro atoms. The van der Waals surface area contributed by atoms with Crippen molar-refractivity contribution >= 4 is 11.8 Å². The summed E-state index contributed by atoms with van der Waals surface area (Å²) in [6, 6.07) is 7.35. The minimum absolute atomic E-state index is 0.0208. The van der Waals surface area contributed by atoms with Gasteiger partial charge in [0, 0.05) is 13.1 Å². The second-order valence-electron chi connectivity index (χ2n) is 6.27. The highest BCUT2D eigenvalue weighted by molar-refractivity contribution is 5.81. The molecule has 0 atom stereocenters. The van der Waals surface area contributed by atoms with Gasteiger partial charge in [0.15, 0.2) is 0 Å². The van der Waals surface area contributed by atoms with E-state index in [1.54, 1.807) is 16.8 Å². The van der Waals surface area contributed by atoms with Gasteiger partial charge in [0.05, 0.1) is 39.5 Å². The maximum atomic E-state index is 12.1. The maximum Gasteiger partial charge on any atom is 0.236 e. The summed E-state index contributed by atoms with van der Waals surface area (Å²) in [5.74, 6) is 1.41. The van der Waals surface area contributed by atoms with E-state index in [-0.39, 0.29) is 24.9 Å². The molecule has 8 heteroatoms. The third kappa shape index (κ3) is 7.84. The standard InChI is InChI=1S/C19H29N3O5/c1-3-26-16-4-6-17(7-5-16)27-11-8-20-18(23)14-21(2)15-19(24)22-9-12-25-13-10-22/h4-7H,3,8-15H2,1-2H3,(H,20,23). The molecule has 1 fully saturated rings. The first-order chi connectivity index (χ1) is 13.1. The molecule has 150 valence electrons. The largest absolute Gasteiger partial charge is 0.494 e. The minimum atomic E-state index is -0.137. The third-order valence-corrected chi connectivity index (χ3v) is 4.01. The van der Waals surface area contributed by atoms with Gasteiger partial charge in [0.25, 0.3) is 0 Å². The molecule has 1 N–H and O–H groups in total. The molecule has 1 aromatic rings. The highest BCUT2D eigenvalue weighted by Gasteiger charge is 2.19. The van der Waals surface area contributed by atoms with Gasteiger partial charge in [0.2, 0.25) is 11.8 Å². The number of benzene rings is 1. The summed E-state index contributed by atoms with van der Waals surface area (Å²) < 4.78 is 16.2. The van der Waals surface area contributed by atoms with Crippen molar-refractivity contribution in [1.82, 2.24) is 15.1 Å². The monoisotopic (exact) mass is 379 g/mol. The van der Waals surface area contributed by atoms with E-state index in [0.717, 1.165) is 11.5 Å². The molecule has 8 nitrogen and oxygen atoms in total. The van der Waals surface area contributed by atoms with Gasteiger partial charge in [-0.15, -0.1) is 0 Å². The molecule has 0 aromatic heterocycles. The van der Waals surface area contributed by atoms with E-state index in [1.165, 1.54) is 0 Å². The maximum absolute atomic E-state index is 12.1. The Morgan fingerprint density at radius 2 is 1.74 bits per heavy atom. The number of nitrogens with one attached hydrogen (secondary N) is 1. The van der Waals surface area contributed by atoms with E-state index in [4.69, 9.17) is 14.2 Å². The van der Waals surface area contributed by atoms with Crippen LogP contribution in [-0.2, 0) is 14.3 Å². The van der Waals surface area contributed by atoms with Crippen LogP contribution in [0.1, 0.15) is 6.92 Å². The van der Waals surface area contributed by atoms with Crippen molar-refractivity contribution in [3.63, 3.8) is 0 Å². The number of hydrogen-bond donors (Lipinski definition) is 1. The molecule has 1 aromatic carbocycles. The van der Waals surface area contributed by atoms with Gasteiger partial charge in [-0.25, -0.2) is 0 Å². The number of likely N-dealkylation sites (N-methyl/N-ethyl adjacent to an activating group) is 1. The second-order valence-corrected chi connectivity index (χ2v) is 6.27. The Kier molecular flexibility index (Phi) is 8.86. The zero-order valence-corrected chi connectivity index (χ0v) is 16.1. The summed E-state index contributed by atoms with van der Waals surface area (Å²) in [5.41, 5.74) is 0. The minimum Gasteiger partial charge on any atom is -0.494 e. The van der Waals surface area contributed by atoms with Crippen LogP contribution in [0.4, 0.5) is 0 Å². The van der Waals surface area contributed by atoms with Crippen molar-refractivity contribution in [1.29, 1.82) is 0 Å². The molecule has 0 aliphatic carbocycles. The van der Waals surface area contributed by atoms with Crippen molar-refractivity contribution < 1.29 is 23.8 Å². The Labute approximate surface area is 160 Å². The number of hydrogen-bond acceptors (Lipinski definition) is 6. The van der Waals surface area contributed by atoms with Gasteiger partial charge in [0.1, 0.15) is 18.1 Å². The summed E-state index contributed by atoms with van der Waals surface area (Å²) in [6.45, 7) is 6.09. The van der Waals surface area contributed by atoms with Gasteiger partial charge < -0.3 is 24.4 Å². The van der Waals surface area contributed by atoms with Crippen LogP contribution in [0, 0.1) is 0 Å². The SMILES string of the molecule is CCOc1ccc(OCCNC(=O)CN(C)CC(=O)N2CCOCC2)cc1. The van der Waals surface area contributed by atoms with E-state index in [0.29, 0.717) is 46.1 Å². The van der Waals surface area contributed by atoms with Gasteiger partial charge in [-0.2, -0.15) is 0 Å². The van der Waals surface area contributed by atoms with Gasteiger partial charge in [-0.05, 0) is 38.2 Å². The summed E-state index contributed by atoms with van der Waals surface area (Å²) >= 11 is 0. The number of morpholine rings is 1. The fraction of sp³-hybridized carbons (Fsp3) is 0.579. The number of carbonyl (C=O) groups excluding carboxylic acids is 2. The molecule has 0 saturated carbocycles. The lowest BCUT2D eigenvalue weighted by molar-refractivity contribution is -0.136. The van der Waals surface area contributed by atoms with Crippen LogP contribution in [-0.4, -0.2) is 87.8 Å². The Morgan fingerprint density at radius 3 is 2.37 bits per heavy atom. The number of nitrogens with zero attached hydrogens (tertiary/aromatic N) is 2. The molecule has 0 unspecified atom stereocenters. The van der Waals surface area contributed by atoms with Gasteiger partial charge in [-0.1, -0.05) is 0 Å². The summed E-state index contributed by atoms with van der Waals surface area (Å²) in [5, 5.41) is 2.79. The van der Waals surface area contributed by atoms with E-state index in [9.17, 15) is 9.59 Å². The molecule has 2 rings (SSSR count). The first kappa shape index (κ1) is 21.0. The first-order valence-electron chi connectivity index (χ1n) is 9.25. The van der Waals surface area contributed by atoms with E-state index < -0.39 is 0 Å². The molecular formula is C19H29N3O5. The van der Waals surface area contributed by atoms with Crippen molar-refractivity contribution in [3.05, 3.63) is 24.3 Å². The molecule has 0 radical (unpaired) electrons. The summed E-state index contributed by atoms with van der Waals surface area (Å²) in [6.07, 6.45) is 0. The predicted molar refractivity (Wildman–Crippen MR) is 101 cm³/mol. The van der Waals surface area contributed by atoms with E-state index in [2.05, 4.69) is 5.32 Å². The molecular weight excluding hydrogens is 350 g/mol. The number of rotatable bonds is 10. The Balaban J connectivity index is 1.58. The molecule has 1 heterocycles. The van der Waals surface area contributed by atoms with Crippen LogP contribution >= 0.6 is 0 Å². The molecule has 1 saturated heterocycles. The molecule has 0 bridgehead atoms. The lowest BCUT2D eigenvalue weighted by Crippen LogP contribution is -2.46. The zero-order valence-electron chi connectivity index (χ0n) is 16.1. The van der Waals surface area contributed by atoms with Crippen molar-refractivity contribution in [2.75, 3.05) is 66.2 Å². The third-order valence-electron chi connectivity index (χ3n) is 4.01. The van der Waals surface area contributed by atoms with Crippen LogP contribution in [0.2, 0.25) is 0 Å². The van der Waals surface area contributed by atoms with Crippen LogP contribution in [0.3, 0.4) is 0 Å². The lowest BCUT2D eigenvalue weighted by atomic mass is 10.3. The predicted octanol–water partition coefficient (Wildman–Crippen LogP) is 0.371. The average molecular weight is 379 g/mol. The highest BCUT2D eigenvalue weighted by atomic mass is 16.5. The topological polar surface area (TPSA) is 80.3 Å². The first-order valence-corrected chi connectivity index (χ1v) is 9.25. The van der Waals surface area contributed by atoms with E-state index >= 15 is 0 Å². The fourth-order valence-electron chi connectivity index (χ4n) is 2.66. The molecule has 1 aliphatic heterocycles. The van der Waals surface area contributed by atoms with Crippen molar-refractivity contribution in [2.24, 2.45) is 0 Å². The normalized spacial score (nSPS) is 14.1. The fourth-order valence-corrected chi connectivity index (χ4v) is 2.66. The number of carbonyl (C=O) groups is 2. The number of ether oxygens (including phenoxy) is 3. The van der Waals surface area contributed by atoms with Gasteiger partial charge >= 0.3 is 0 Å². The Hall–Kier alpha value is -2.32. The van der Waals surface area contributed by atoms with Crippen molar-refractivity contribution in [3.8, 4) is 11.5 Å². The smallest absolute Gasteiger partial charge is 0.236 e. The lowest BCUT2D eigenvalue weighted by Gasteiger charge is -2.28. The summed E-state index contributed by atoms with van der Waals surface area (Å²) in [4.78, 5) is 27.6. The molecule has 1 aliphatic rings. The zero-order chi connectivity index (χ0) is 19.5. The van der Waals surface area contributed by atoms with E-state index in [1.807, 2.05) is 31.2 Å².